The van der Waals surface area contributed by atoms with Crippen molar-refractivity contribution >= 4 is 68.1 Å². The van der Waals surface area contributed by atoms with Gasteiger partial charge in [-0.15, -0.1) is 0 Å². The largest absolute Gasteiger partial charge is 0.466 e. The van der Waals surface area contributed by atoms with E-state index in [-0.39, 0.29) is 33.9 Å². The molecule has 2 aliphatic heterocycles. The number of benzene rings is 7. The van der Waals surface area contributed by atoms with E-state index >= 15 is 0 Å². The molecule has 3 nitrogen and oxygen atoms in total. The SMILES string of the molecule is Cc1cc2c(cc1N1c3cc(-c4ccccc4)cc4c3B(c3oc5cc6c(cc5c31)C(C)(C)CCC6(C)C)N(c1ccc(C(C)(C)C)cc1)c1cc3ccccc3cc1-4)C(C)(C)CCC2(C)C. The standard InChI is InChI=1S/C63H65BN2O/c1-38-30-48-50(62(9,10)28-26-60(48,5)6)36-52(38)65-54-34-42(39-18-14-13-15-19-39)32-46-45-31-40-20-16-17-21-41(40)33-53(45)66(44-24-22-43(23-25-44)59(2,3)4)64(56(46)54)58-57(65)47-35-49-51(37-55(47)67-58)63(11,12)29-27-61(49,7)8/h13-25,30-37H,26-29H2,1-12H3. The molecule has 0 N–H and O–H groups in total. The molecule has 8 aromatic rings. The van der Waals surface area contributed by atoms with Gasteiger partial charge in [0.05, 0.1) is 5.69 Å². The zero-order valence-electron chi connectivity index (χ0n) is 41.8. The maximum atomic E-state index is 7.71. The summed E-state index contributed by atoms with van der Waals surface area (Å²) < 4.78 is 7.71. The minimum absolute atomic E-state index is 0.0244. The molecule has 2 aliphatic carbocycles. The van der Waals surface area contributed by atoms with Crippen LogP contribution in [0.4, 0.5) is 28.4 Å². The van der Waals surface area contributed by atoms with Crippen LogP contribution in [0.15, 0.2) is 132 Å². The molecule has 0 radical (unpaired) electrons. The lowest BCUT2D eigenvalue weighted by Gasteiger charge is -2.46. The number of anilines is 5. The van der Waals surface area contributed by atoms with Gasteiger partial charge in [0.1, 0.15) is 11.2 Å². The van der Waals surface area contributed by atoms with Crippen LogP contribution in [-0.4, -0.2) is 6.85 Å². The Labute approximate surface area is 399 Å². The van der Waals surface area contributed by atoms with Crippen LogP contribution in [0.1, 0.15) is 135 Å². The maximum Gasteiger partial charge on any atom is 0.375 e. The molecule has 0 atom stereocenters. The summed E-state index contributed by atoms with van der Waals surface area (Å²) in [6, 6.07) is 49.3. The number of nitrogens with zero attached hydrogens (tertiary/aromatic N) is 2. The first-order chi connectivity index (χ1) is 31.7. The Morgan fingerprint density at radius 1 is 0.522 bits per heavy atom. The Hall–Kier alpha value is -6.00. The minimum atomic E-state index is -0.242. The molecular weight excluding hydrogens is 812 g/mol. The molecule has 12 rings (SSSR count). The second-order valence-electron chi connectivity index (χ2n) is 24.4. The van der Waals surface area contributed by atoms with Crippen molar-refractivity contribution in [3.8, 4) is 22.3 Å². The van der Waals surface area contributed by atoms with Crippen molar-refractivity contribution in [1.82, 2.24) is 0 Å². The van der Waals surface area contributed by atoms with Gasteiger partial charge in [-0.05, 0) is 181 Å². The molecule has 4 heteroatoms. The molecule has 0 saturated carbocycles. The number of fused-ring (bicyclic) bond motifs is 9. The Balaban J connectivity index is 1.25. The van der Waals surface area contributed by atoms with Gasteiger partial charge >= 0.3 is 6.85 Å². The molecule has 67 heavy (non-hydrogen) atoms. The summed E-state index contributed by atoms with van der Waals surface area (Å²) in [5, 5.41) is 3.67. The van der Waals surface area contributed by atoms with E-state index in [1.165, 1.54) is 106 Å². The monoisotopic (exact) mass is 877 g/mol. The fourth-order valence-electron chi connectivity index (χ4n) is 12.6. The van der Waals surface area contributed by atoms with E-state index in [2.05, 4.69) is 220 Å². The van der Waals surface area contributed by atoms with Gasteiger partial charge in [-0.1, -0.05) is 149 Å². The zero-order chi connectivity index (χ0) is 46.7. The molecule has 0 amide bonds. The number of furan rings is 1. The van der Waals surface area contributed by atoms with E-state index in [0.29, 0.717) is 0 Å². The third kappa shape index (κ3) is 6.30. The normalized spacial score (nSPS) is 18.3. The van der Waals surface area contributed by atoms with Crippen molar-refractivity contribution in [1.29, 1.82) is 0 Å². The quantitative estimate of drug-likeness (QED) is 0.165. The lowest BCUT2D eigenvalue weighted by Crippen LogP contribution is -2.61. The molecule has 0 bridgehead atoms. The fraction of sp³-hybridized carbons (Fsp3) is 0.333. The van der Waals surface area contributed by atoms with E-state index < -0.39 is 0 Å². The third-order valence-corrected chi connectivity index (χ3v) is 17.0. The van der Waals surface area contributed by atoms with Gasteiger partial charge in [0.15, 0.2) is 0 Å². The number of aryl methyl sites for hydroxylation is 1. The molecular formula is C63H65BN2O. The van der Waals surface area contributed by atoms with Crippen molar-refractivity contribution in [3.63, 3.8) is 0 Å². The van der Waals surface area contributed by atoms with E-state index in [4.69, 9.17) is 4.42 Å². The summed E-state index contributed by atoms with van der Waals surface area (Å²) in [4.78, 5) is 5.29. The third-order valence-electron chi connectivity index (χ3n) is 17.0. The smallest absolute Gasteiger partial charge is 0.375 e. The van der Waals surface area contributed by atoms with E-state index in [9.17, 15) is 0 Å². The first-order valence-electron chi connectivity index (χ1n) is 25.0. The number of rotatable bonds is 3. The summed E-state index contributed by atoms with van der Waals surface area (Å²) in [5.41, 5.74) is 22.8. The van der Waals surface area contributed by atoms with Gasteiger partial charge in [-0.2, -0.15) is 0 Å². The van der Waals surface area contributed by atoms with Gasteiger partial charge in [0, 0.05) is 33.7 Å². The second kappa shape index (κ2) is 14.0. The van der Waals surface area contributed by atoms with E-state index in [0.717, 1.165) is 36.2 Å². The van der Waals surface area contributed by atoms with Crippen LogP contribution in [0.25, 0.3) is 44.0 Å². The first kappa shape index (κ1) is 42.4. The molecule has 0 saturated heterocycles. The maximum absolute atomic E-state index is 7.71. The molecule has 1 aromatic heterocycles. The molecule has 336 valence electrons. The second-order valence-corrected chi connectivity index (χ2v) is 24.4. The van der Waals surface area contributed by atoms with Gasteiger partial charge in [0.2, 0.25) is 0 Å². The van der Waals surface area contributed by atoms with Crippen molar-refractivity contribution in [3.05, 3.63) is 161 Å². The van der Waals surface area contributed by atoms with Crippen molar-refractivity contribution in [2.24, 2.45) is 0 Å². The average molecular weight is 877 g/mol. The molecule has 3 heterocycles. The highest BCUT2D eigenvalue weighted by Gasteiger charge is 2.50. The Kier molecular flexibility index (Phi) is 8.87. The zero-order valence-corrected chi connectivity index (χ0v) is 41.8. The van der Waals surface area contributed by atoms with E-state index in [1.54, 1.807) is 0 Å². The van der Waals surface area contributed by atoms with Crippen LogP contribution >= 0.6 is 0 Å². The summed E-state index contributed by atoms with van der Waals surface area (Å²) in [5.74, 6) is 0. The van der Waals surface area contributed by atoms with Crippen LogP contribution in [0.5, 0.6) is 0 Å². The highest BCUT2D eigenvalue weighted by Crippen LogP contribution is 2.55. The molecule has 4 aliphatic rings. The van der Waals surface area contributed by atoms with Crippen LogP contribution in [-0.2, 0) is 27.1 Å². The molecule has 0 unspecified atom stereocenters. The van der Waals surface area contributed by atoms with Crippen LogP contribution < -0.4 is 20.8 Å². The van der Waals surface area contributed by atoms with Crippen molar-refractivity contribution in [2.75, 3.05) is 9.71 Å². The van der Waals surface area contributed by atoms with E-state index in [1.807, 2.05) is 0 Å². The highest BCUT2D eigenvalue weighted by molar-refractivity contribution is 6.93. The molecule has 0 spiro atoms. The van der Waals surface area contributed by atoms with Gasteiger partial charge < -0.3 is 14.1 Å². The predicted octanol–water partition coefficient (Wildman–Crippen LogP) is 16.3. The summed E-state index contributed by atoms with van der Waals surface area (Å²) >= 11 is 0. The van der Waals surface area contributed by atoms with Gasteiger partial charge in [-0.3, -0.25) is 0 Å². The summed E-state index contributed by atoms with van der Waals surface area (Å²) in [6.45, 7) is 28.6. The Bertz CT molecular complexity index is 3360. The molecule has 7 aromatic carbocycles. The van der Waals surface area contributed by atoms with Crippen LogP contribution in [0.3, 0.4) is 0 Å². The van der Waals surface area contributed by atoms with Gasteiger partial charge in [0.25, 0.3) is 0 Å². The Morgan fingerprint density at radius 3 is 1.72 bits per heavy atom. The predicted molar refractivity (Wildman–Crippen MR) is 287 cm³/mol. The fourth-order valence-corrected chi connectivity index (χ4v) is 12.6. The lowest BCUT2D eigenvalue weighted by molar-refractivity contribution is 0.332. The lowest BCUT2D eigenvalue weighted by atomic mass is 9.45. The van der Waals surface area contributed by atoms with Crippen LogP contribution in [0.2, 0.25) is 0 Å². The number of hydrogen-bond acceptors (Lipinski definition) is 3. The topological polar surface area (TPSA) is 19.6 Å². The molecule has 0 fully saturated rings. The van der Waals surface area contributed by atoms with Gasteiger partial charge in [-0.25, -0.2) is 0 Å². The van der Waals surface area contributed by atoms with Crippen molar-refractivity contribution in [2.45, 2.75) is 136 Å². The summed E-state index contributed by atoms with van der Waals surface area (Å²) in [7, 11) is 0. The average Bonchev–Trinajstić information content (AvgIpc) is 3.67. The summed E-state index contributed by atoms with van der Waals surface area (Å²) in [6.07, 6.45) is 4.63. The van der Waals surface area contributed by atoms with Crippen LogP contribution in [0, 0.1) is 6.92 Å². The van der Waals surface area contributed by atoms with Crippen molar-refractivity contribution < 1.29 is 4.42 Å². The highest BCUT2D eigenvalue weighted by atomic mass is 16.3. The minimum Gasteiger partial charge on any atom is -0.466 e. The number of hydrogen-bond donors (Lipinski definition) is 0. The first-order valence-corrected chi connectivity index (χ1v) is 25.0. The Morgan fingerprint density at radius 2 is 1.09 bits per heavy atom.